The Morgan fingerprint density at radius 2 is 1.89 bits per heavy atom. The lowest BCUT2D eigenvalue weighted by atomic mass is 9.85. The van der Waals surface area contributed by atoms with Crippen LogP contribution in [0, 0.1) is 5.92 Å². The quantitative estimate of drug-likeness (QED) is 0.803. The molecule has 0 aromatic heterocycles. The van der Waals surface area contributed by atoms with Crippen LogP contribution < -0.4 is 5.32 Å². The molecule has 18 heavy (non-hydrogen) atoms. The van der Waals surface area contributed by atoms with Crippen molar-refractivity contribution in [2.24, 2.45) is 5.92 Å². The molecule has 100 valence electrons. The maximum atomic E-state index is 6.07. The van der Waals surface area contributed by atoms with Gasteiger partial charge in [0, 0.05) is 12.1 Å². The number of nitrogens with one attached hydrogen (secondary N) is 1. The molecule has 0 aliphatic heterocycles. The molecule has 0 radical (unpaired) electrons. The zero-order chi connectivity index (χ0) is 13.1. The Balaban J connectivity index is 2.02. The lowest BCUT2D eigenvalue weighted by Crippen LogP contribution is -2.38. The Kier molecular flexibility index (Phi) is 4.94. The Labute approximate surface area is 120 Å². The molecule has 1 aliphatic rings. The molecule has 0 saturated heterocycles. The third kappa shape index (κ3) is 3.40. The van der Waals surface area contributed by atoms with Crippen LogP contribution in [0.2, 0.25) is 10.0 Å². The third-order valence-corrected chi connectivity index (χ3v) is 4.76. The van der Waals surface area contributed by atoms with Crippen LogP contribution in [0.1, 0.15) is 51.1 Å². The molecule has 1 aliphatic carbocycles. The number of benzene rings is 1. The molecule has 1 N–H and O–H groups in total. The Bertz CT molecular complexity index is 405. The molecule has 0 bridgehead atoms. The molecule has 1 nitrogen and oxygen atoms in total. The molecular weight excluding hydrogens is 265 g/mol. The van der Waals surface area contributed by atoms with Gasteiger partial charge < -0.3 is 5.32 Å². The molecule has 3 unspecified atom stereocenters. The second kappa shape index (κ2) is 6.27. The van der Waals surface area contributed by atoms with E-state index in [2.05, 4.69) is 25.2 Å². The highest BCUT2D eigenvalue weighted by molar-refractivity contribution is 6.42. The van der Waals surface area contributed by atoms with E-state index >= 15 is 0 Å². The first-order chi connectivity index (χ1) is 8.58. The fourth-order valence-corrected chi connectivity index (χ4v) is 3.07. The lowest BCUT2D eigenvalue weighted by Gasteiger charge is -2.32. The highest BCUT2D eigenvalue weighted by atomic mass is 35.5. The van der Waals surface area contributed by atoms with E-state index in [9.17, 15) is 0 Å². The van der Waals surface area contributed by atoms with Crippen LogP contribution in [0.25, 0.3) is 0 Å². The smallest absolute Gasteiger partial charge is 0.0595 e. The zero-order valence-corrected chi connectivity index (χ0v) is 12.6. The van der Waals surface area contributed by atoms with E-state index in [0.717, 1.165) is 5.92 Å². The van der Waals surface area contributed by atoms with Crippen molar-refractivity contribution in [2.45, 2.75) is 51.6 Å². The van der Waals surface area contributed by atoms with Crippen molar-refractivity contribution < 1.29 is 0 Å². The van der Waals surface area contributed by atoms with Crippen LogP contribution in [0.15, 0.2) is 18.2 Å². The molecular formula is C15H21Cl2N. The van der Waals surface area contributed by atoms with E-state index < -0.39 is 0 Å². The highest BCUT2D eigenvalue weighted by Crippen LogP contribution is 2.28. The van der Waals surface area contributed by atoms with E-state index in [0.29, 0.717) is 22.1 Å². The van der Waals surface area contributed by atoms with Gasteiger partial charge in [-0.3, -0.25) is 0 Å². The van der Waals surface area contributed by atoms with Crippen molar-refractivity contribution in [3.05, 3.63) is 33.8 Å². The SMILES string of the molecule is CC(NC1CCCCC1C)c1ccc(Cl)c(Cl)c1. The van der Waals surface area contributed by atoms with Gasteiger partial charge in [-0.25, -0.2) is 0 Å². The average Bonchev–Trinajstić information content (AvgIpc) is 2.35. The summed E-state index contributed by atoms with van der Waals surface area (Å²) < 4.78 is 0. The van der Waals surface area contributed by atoms with Crippen LogP contribution in [0.5, 0.6) is 0 Å². The summed E-state index contributed by atoms with van der Waals surface area (Å²) in [5.74, 6) is 0.768. The van der Waals surface area contributed by atoms with Crippen LogP contribution in [-0.4, -0.2) is 6.04 Å². The summed E-state index contributed by atoms with van der Waals surface area (Å²) in [5, 5.41) is 4.99. The third-order valence-electron chi connectivity index (χ3n) is 4.02. The maximum absolute atomic E-state index is 6.07. The first kappa shape index (κ1) is 14.2. The van der Waals surface area contributed by atoms with E-state index in [1.807, 2.05) is 12.1 Å². The fourth-order valence-electron chi connectivity index (χ4n) is 2.76. The van der Waals surface area contributed by atoms with E-state index in [4.69, 9.17) is 23.2 Å². The molecule has 0 amide bonds. The molecule has 1 aromatic carbocycles. The monoisotopic (exact) mass is 285 g/mol. The van der Waals surface area contributed by atoms with Crippen LogP contribution in [0.4, 0.5) is 0 Å². The number of rotatable bonds is 3. The van der Waals surface area contributed by atoms with Gasteiger partial charge in [0.15, 0.2) is 0 Å². The van der Waals surface area contributed by atoms with Crippen LogP contribution >= 0.6 is 23.2 Å². The summed E-state index contributed by atoms with van der Waals surface area (Å²) in [7, 11) is 0. The standard InChI is InChI=1S/C15H21Cl2N/c1-10-5-3-4-6-15(10)18-11(2)12-7-8-13(16)14(17)9-12/h7-11,15,18H,3-6H2,1-2H3. The van der Waals surface area contributed by atoms with Crippen molar-refractivity contribution in [2.75, 3.05) is 0 Å². The minimum atomic E-state index is 0.324. The van der Waals surface area contributed by atoms with Gasteiger partial charge in [0.1, 0.15) is 0 Å². The second-order valence-corrected chi connectivity index (χ2v) is 6.24. The molecule has 3 atom stereocenters. The van der Waals surface area contributed by atoms with E-state index in [1.165, 1.54) is 31.2 Å². The molecule has 0 spiro atoms. The number of halogens is 2. The predicted molar refractivity (Wildman–Crippen MR) is 79.4 cm³/mol. The van der Waals surface area contributed by atoms with Crippen molar-refractivity contribution in [3.8, 4) is 0 Å². The Hall–Kier alpha value is -0.240. The van der Waals surface area contributed by atoms with E-state index in [1.54, 1.807) is 0 Å². The van der Waals surface area contributed by atoms with Crippen molar-refractivity contribution >= 4 is 23.2 Å². The number of hydrogen-bond donors (Lipinski definition) is 1. The van der Waals surface area contributed by atoms with Gasteiger partial charge in [-0.05, 0) is 43.4 Å². The normalized spacial score (nSPS) is 26.0. The summed E-state index contributed by atoms with van der Waals surface area (Å²) >= 11 is 12.0. The van der Waals surface area contributed by atoms with Gasteiger partial charge in [-0.1, -0.05) is 49.0 Å². The molecule has 2 rings (SSSR count). The first-order valence-corrected chi connectivity index (χ1v) is 7.54. The molecule has 1 fully saturated rings. The largest absolute Gasteiger partial charge is 0.307 e. The molecule has 3 heteroatoms. The first-order valence-electron chi connectivity index (χ1n) is 6.79. The van der Waals surface area contributed by atoms with Gasteiger partial charge in [-0.15, -0.1) is 0 Å². The van der Waals surface area contributed by atoms with Gasteiger partial charge >= 0.3 is 0 Å². The lowest BCUT2D eigenvalue weighted by molar-refractivity contribution is 0.263. The average molecular weight is 286 g/mol. The fraction of sp³-hybridized carbons (Fsp3) is 0.600. The summed E-state index contributed by atoms with van der Waals surface area (Å²) in [6.07, 6.45) is 5.34. The summed E-state index contributed by atoms with van der Waals surface area (Å²) in [5.41, 5.74) is 1.21. The predicted octanol–water partition coefficient (Wildman–Crippen LogP) is 5.22. The van der Waals surface area contributed by atoms with E-state index in [-0.39, 0.29) is 0 Å². The van der Waals surface area contributed by atoms with Crippen molar-refractivity contribution in [1.82, 2.24) is 5.32 Å². The van der Waals surface area contributed by atoms with Crippen molar-refractivity contribution in [3.63, 3.8) is 0 Å². The Morgan fingerprint density at radius 1 is 1.17 bits per heavy atom. The summed E-state index contributed by atoms with van der Waals surface area (Å²) in [6, 6.07) is 6.85. The zero-order valence-electron chi connectivity index (χ0n) is 11.0. The van der Waals surface area contributed by atoms with Gasteiger partial charge in [0.25, 0.3) is 0 Å². The van der Waals surface area contributed by atoms with Gasteiger partial charge in [0.05, 0.1) is 10.0 Å². The van der Waals surface area contributed by atoms with Gasteiger partial charge in [-0.2, -0.15) is 0 Å². The summed E-state index contributed by atoms with van der Waals surface area (Å²) in [4.78, 5) is 0. The minimum Gasteiger partial charge on any atom is -0.307 e. The summed E-state index contributed by atoms with van der Waals surface area (Å²) in [6.45, 7) is 4.54. The second-order valence-electron chi connectivity index (χ2n) is 5.43. The van der Waals surface area contributed by atoms with Crippen LogP contribution in [0.3, 0.4) is 0 Å². The van der Waals surface area contributed by atoms with Crippen LogP contribution in [-0.2, 0) is 0 Å². The van der Waals surface area contributed by atoms with Gasteiger partial charge in [0.2, 0.25) is 0 Å². The molecule has 1 aromatic rings. The van der Waals surface area contributed by atoms with Crippen molar-refractivity contribution in [1.29, 1.82) is 0 Å². The molecule has 1 saturated carbocycles. The number of hydrogen-bond acceptors (Lipinski definition) is 1. The molecule has 0 heterocycles. The highest BCUT2D eigenvalue weighted by Gasteiger charge is 2.22. The maximum Gasteiger partial charge on any atom is 0.0595 e. The Morgan fingerprint density at radius 3 is 2.56 bits per heavy atom. The topological polar surface area (TPSA) is 12.0 Å². The minimum absolute atomic E-state index is 0.324.